The van der Waals surface area contributed by atoms with Gasteiger partial charge in [-0.3, -0.25) is 9.59 Å². The van der Waals surface area contributed by atoms with E-state index in [1.165, 1.54) is 19.1 Å². The summed E-state index contributed by atoms with van der Waals surface area (Å²) in [6, 6.07) is 9.45. The molecule has 2 aromatic rings. The lowest BCUT2D eigenvalue weighted by Crippen LogP contribution is -2.35. The predicted octanol–water partition coefficient (Wildman–Crippen LogP) is 3.00. The van der Waals surface area contributed by atoms with Crippen molar-refractivity contribution < 1.29 is 28.9 Å². The molecule has 0 saturated carbocycles. The summed E-state index contributed by atoms with van der Waals surface area (Å²) < 4.78 is 16.2. The molecule has 0 aromatic heterocycles. The van der Waals surface area contributed by atoms with Crippen LogP contribution in [0.1, 0.15) is 22.7 Å². The van der Waals surface area contributed by atoms with Crippen molar-refractivity contribution in [2.45, 2.75) is 13.0 Å². The number of hydrogen-bond acceptors (Lipinski definition) is 7. The van der Waals surface area contributed by atoms with Gasteiger partial charge in [0.2, 0.25) is 0 Å². The SMILES string of the molecule is COc1ccc(OC)c([C@H]2C(=C(O)c3ccc(OC)c(C)c3)C(=O)C(=O)N2CCN(C)C)c1. The number of carbonyl (C=O) groups is 2. The number of ketones is 1. The van der Waals surface area contributed by atoms with E-state index < -0.39 is 17.7 Å². The minimum Gasteiger partial charge on any atom is -0.507 e. The van der Waals surface area contributed by atoms with Gasteiger partial charge in [0.25, 0.3) is 11.7 Å². The molecule has 1 aliphatic heterocycles. The first-order valence-electron chi connectivity index (χ1n) is 10.5. The maximum atomic E-state index is 13.2. The number of benzene rings is 2. The average Bonchev–Trinajstić information content (AvgIpc) is 3.06. The van der Waals surface area contributed by atoms with Gasteiger partial charge in [-0.25, -0.2) is 0 Å². The highest BCUT2D eigenvalue weighted by molar-refractivity contribution is 6.46. The number of methoxy groups -OCH3 is 3. The van der Waals surface area contributed by atoms with Crippen molar-refractivity contribution in [2.24, 2.45) is 0 Å². The van der Waals surface area contributed by atoms with Crippen LogP contribution in [0.5, 0.6) is 17.2 Å². The fraction of sp³-hybridized carbons (Fsp3) is 0.360. The monoisotopic (exact) mass is 454 g/mol. The number of hydrogen-bond donors (Lipinski definition) is 1. The van der Waals surface area contributed by atoms with Crippen LogP contribution >= 0.6 is 0 Å². The number of aliphatic hydroxyl groups excluding tert-OH is 1. The molecule has 0 aliphatic carbocycles. The number of carbonyl (C=O) groups excluding carboxylic acids is 2. The Hall–Kier alpha value is -3.52. The Morgan fingerprint density at radius 2 is 1.67 bits per heavy atom. The molecule has 1 N–H and O–H groups in total. The van der Waals surface area contributed by atoms with Gasteiger partial charge in [0.15, 0.2) is 0 Å². The van der Waals surface area contributed by atoms with Gasteiger partial charge >= 0.3 is 0 Å². The topological polar surface area (TPSA) is 88.5 Å². The number of nitrogens with zero attached hydrogens (tertiary/aromatic N) is 2. The molecule has 0 radical (unpaired) electrons. The number of amides is 1. The normalized spacial score (nSPS) is 17.5. The number of aryl methyl sites for hydroxylation is 1. The number of likely N-dealkylation sites (tertiary alicyclic amines) is 1. The highest BCUT2D eigenvalue weighted by Gasteiger charge is 2.47. The largest absolute Gasteiger partial charge is 0.507 e. The lowest BCUT2D eigenvalue weighted by Gasteiger charge is -2.28. The van der Waals surface area contributed by atoms with E-state index >= 15 is 0 Å². The third-order valence-corrected chi connectivity index (χ3v) is 5.73. The molecule has 1 saturated heterocycles. The Labute approximate surface area is 194 Å². The summed E-state index contributed by atoms with van der Waals surface area (Å²) in [6.45, 7) is 2.67. The Kier molecular flexibility index (Phi) is 7.28. The van der Waals surface area contributed by atoms with Crippen molar-refractivity contribution in [3.63, 3.8) is 0 Å². The molecule has 0 spiro atoms. The van der Waals surface area contributed by atoms with Gasteiger partial charge < -0.3 is 29.1 Å². The van der Waals surface area contributed by atoms with Crippen LogP contribution in [0.2, 0.25) is 0 Å². The number of Topliss-reactive ketones (excluding diaryl/α,β-unsaturated/α-hetero) is 1. The summed E-state index contributed by atoms with van der Waals surface area (Å²) in [5.41, 5.74) is 1.78. The van der Waals surface area contributed by atoms with Crippen LogP contribution in [-0.4, -0.2) is 75.1 Å². The van der Waals surface area contributed by atoms with Crippen LogP contribution in [0.3, 0.4) is 0 Å². The molecule has 2 aromatic carbocycles. The maximum absolute atomic E-state index is 13.2. The lowest BCUT2D eigenvalue weighted by molar-refractivity contribution is -0.140. The third kappa shape index (κ3) is 4.66. The van der Waals surface area contributed by atoms with E-state index in [4.69, 9.17) is 14.2 Å². The second kappa shape index (κ2) is 9.95. The Bertz CT molecular complexity index is 1090. The minimum absolute atomic E-state index is 0.00914. The smallest absolute Gasteiger partial charge is 0.295 e. The Morgan fingerprint density at radius 1 is 1.00 bits per heavy atom. The van der Waals surface area contributed by atoms with Crippen LogP contribution in [0.4, 0.5) is 0 Å². The molecule has 1 heterocycles. The zero-order chi connectivity index (χ0) is 24.3. The summed E-state index contributed by atoms with van der Waals surface area (Å²) in [7, 11) is 8.39. The van der Waals surface area contributed by atoms with Crippen LogP contribution < -0.4 is 14.2 Å². The third-order valence-electron chi connectivity index (χ3n) is 5.73. The van der Waals surface area contributed by atoms with E-state index in [1.54, 1.807) is 43.5 Å². The van der Waals surface area contributed by atoms with E-state index in [-0.39, 0.29) is 11.3 Å². The quantitative estimate of drug-likeness (QED) is 0.373. The van der Waals surface area contributed by atoms with Gasteiger partial charge in [-0.15, -0.1) is 0 Å². The number of likely N-dealkylation sites (N-methyl/N-ethyl adjacent to an activating group) is 1. The van der Waals surface area contributed by atoms with Crippen LogP contribution in [0, 0.1) is 6.92 Å². The van der Waals surface area contributed by atoms with Crippen molar-refractivity contribution >= 4 is 17.4 Å². The summed E-state index contributed by atoms with van der Waals surface area (Å²) in [5.74, 6) is 0.0251. The lowest BCUT2D eigenvalue weighted by atomic mass is 9.94. The molecule has 8 nitrogen and oxygen atoms in total. The highest BCUT2D eigenvalue weighted by Crippen LogP contribution is 2.44. The molecule has 33 heavy (non-hydrogen) atoms. The number of rotatable bonds is 8. The predicted molar refractivity (Wildman–Crippen MR) is 125 cm³/mol. The molecule has 1 amide bonds. The summed E-state index contributed by atoms with van der Waals surface area (Å²) in [5, 5.41) is 11.3. The summed E-state index contributed by atoms with van der Waals surface area (Å²) in [6.07, 6.45) is 0. The van der Waals surface area contributed by atoms with Crippen LogP contribution in [0.25, 0.3) is 5.76 Å². The molecule has 1 fully saturated rings. The van der Waals surface area contributed by atoms with E-state index in [1.807, 2.05) is 25.9 Å². The van der Waals surface area contributed by atoms with Crippen molar-refractivity contribution in [1.82, 2.24) is 9.80 Å². The first-order chi connectivity index (χ1) is 15.7. The molecule has 3 rings (SSSR count). The molecule has 176 valence electrons. The molecule has 1 aliphatic rings. The van der Waals surface area contributed by atoms with Gasteiger partial charge in [0.1, 0.15) is 23.0 Å². The molecular weight excluding hydrogens is 424 g/mol. The van der Waals surface area contributed by atoms with Crippen molar-refractivity contribution in [3.05, 3.63) is 58.7 Å². The van der Waals surface area contributed by atoms with Gasteiger partial charge in [0.05, 0.1) is 32.9 Å². The Morgan fingerprint density at radius 3 is 2.24 bits per heavy atom. The first kappa shape index (κ1) is 24.1. The van der Waals surface area contributed by atoms with Crippen molar-refractivity contribution in [1.29, 1.82) is 0 Å². The van der Waals surface area contributed by atoms with Gasteiger partial charge in [-0.2, -0.15) is 0 Å². The van der Waals surface area contributed by atoms with Crippen LogP contribution in [-0.2, 0) is 9.59 Å². The standard InChI is InChI=1S/C25H30N2O6/c1-15-13-16(7-9-19(15)32-5)23(28)21-22(18-14-17(31-4)8-10-20(18)33-6)27(12-11-26(2)3)25(30)24(21)29/h7-10,13-14,22,28H,11-12H2,1-6H3/t22-/m0/s1. The summed E-state index contributed by atoms with van der Waals surface area (Å²) in [4.78, 5) is 29.7. The number of aliphatic hydroxyl groups is 1. The second-order valence-electron chi connectivity index (χ2n) is 8.09. The molecule has 1 atom stereocenters. The zero-order valence-corrected chi connectivity index (χ0v) is 19.8. The van der Waals surface area contributed by atoms with E-state index in [2.05, 4.69) is 0 Å². The zero-order valence-electron chi connectivity index (χ0n) is 19.8. The molecule has 8 heteroatoms. The van der Waals surface area contributed by atoms with Gasteiger partial charge in [0, 0.05) is 24.2 Å². The average molecular weight is 455 g/mol. The highest BCUT2D eigenvalue weighted by atomic mass is 16.5. The van der Waals surface area contributed by atoms with Gasteiger partial charge in [-0.1, -0.05) is 0 Å². The van der Waals surface area contributed by atoms with Gasteiger partial charge in [-0.05, 0) is 63.0 Å². The molecule has 0 bridgehead atoms. The van der Waals surface area contributed by atoms with E-state index in [0.717, 1.165) is 5.56 Å². The second-order valence-corrected chi connectivity index (χ2v) is 8.09. The van der Waals surface area contributed by atoms with E-state index in [0.29, 0.717) is 41.5 Å². The van der Waals surface area contributed by atoms with Crippen molar-refractivity contribution in [3.8, 4) is 17.2 Å². The first-order valence-corrected chi connectivity index (χ1v) is 10.5. The summed E-state index contributed by atoms with van der Waals surface area (Å²) >= 11 is 0. The van der Waals surface area contributed by atoms with E-state index in [9.17, 15) is 14.7 Å². The molecule has 0 unspecified atom stereocenters. The minimum atomic E-state index is -0.836. The maximum Gasteiger partial charge on any atom is 0.295 e. The number of ether oxygens (including phenoxy) is 3. The fourth-order valence-corrected chi connectivity index (χ4v) is 3.98. The Balaban J connectivity index is 2.24. The van der Waals surface area contributed by atoms with Crippen LogP contribution in [0.15, 0.2) is 42.0 Å². The molecular formula is C25H30N2O6. The fourth-order valence-electron chi connectivity index (χ4n) is 3.98. The van der Waals surface area contributed by atoms with Crippen molar-refractivity contribution in [2.75, 3.05) is 48.5 Å².